The summed E-state index contributed by atoms with van der Waals surface area (Å²) in [5, 5.41) is 9.64. The summed E-state index contributed by atoms with van der Waals surface area (Å²) < 4.78 is 0. The smallest absolute Gasteiger partial charge is 0.129 e. The SMILES string of the molecule is NCC(O)Cc1cccc(Cl)n1. The first-order valence-corrected chi connectivity index (χ1v) is 4.09. The Balaban J connectivity index is 2.63. The van der Waals surface area contributed by atoms with Gasteiger partial charge in [0.1, 0.15) is 5.15 Å². The Hall–Kier alpha value is -0.640. The fourth-order valence-electron chi connectivity index (χ4n) is 0.889. The van der Waals surface area contributed by atoms with Crippen molar-refractivity contribution >= 4 is 11.6 Å². The first-order valence-electron chi connectivity index (χ1n) is 3.72. The molecule has 12 heavy (non-hydrogen) atoms. The molecule has 0 aliphatic carbocycles. The minimum Gasteiger partial charge on any atom is -0.391 e. The van der Waals surface area contributed by atoms with Crippen molar-refractivity contribution in [2.24, 2.45) is 5.73 Å². The molecule has 1 unspecified atom stereocenters. The monoisotopic (exact) mass is 186 g/mol. The highest BCUT2D eigenvalue weighted by atomic mass is 35.5. The van der Waals surface area contributed by atoms with E-state index < -0.39 is 6.10 Å². The van der Waals surface area contributed by atoms with Crippen LogP contribution in [0, 0.1) is 0 Å². The molecule has 0 aliphatic rings. The van der Waals surface area contributed by atoms with Crippen molar-refractivity contribution < 1.29 is 5.11 Å². The number of nitrogens with zero attached hydrogens (tertiary/aromatic N) is 1. The molecule has 1 atom stereocenters. The van der Waals surface area contributed by atoms with Gasteiger partial charge in [0.15, 0.2) is 0 Å². The first-order chi connectivity index (χ1) is 5.72. The van der Waals surface area contributed by atoms with Gasteiger partial charge in [0.2, 0.25) is 0 Å². The third kappa shape index (κ3) is 2.77. The molecule has 0 amide bonds. The van der Waals surface area contributed by atoms with Gasteiger partial charge in [0, 0.05) is 18.7 Å². The number of hydrogen-bond acceptors (Lipinski definition) is 3. The molecule has 0 aromatic carbocycles. The van der Waals surface area contributed by atoms with Crippen LogP contribution >= 0.6 is 11.6 Å². The van der Waals surface area contributed by atoms with E-state index in [0.717, 1.165) is 5.69 Å². The summed E-state index contributed by atoms with van der Waals surface area (Å²) in [7, 11) is 0. The van der Waals surface area contributed by atoms with Gasteiger partial charge in [0.05, 0.1) is 6.10 Å². The average Bonchev–Trinajstić information content (AvgIpc) is 2.04. The van der Waals surface area contributed by atoms with Crippen LogP contribution in [0.3, 0.4) is 0 Å². The molecule has 66 valence electrons. The number of halogens is 1. The van der Waals surface area contributed by atoms with Crippen LogP contribution in [-0.4, -0.2) is 22.7 Å². The molecule has 0 aliphatic heterocycles. The van der Waals surface area contributed by atoms with Crippen LogP contribution in [0.5, 0.6) is 0 Å². The molecule has 0 spiro atoms. The fourth-order valence-corrected chi connectivity index (χ4v) is 1.07. The first kappa shape index (κ1) is 9.45. The van der Waals surface area contributed by atoms with Crippen LogP contribution < -0.4 is 5.73 Å². The highest BCUT2D eigenvalue weighted by Gasteiger charge is 2.03. The van der Waals surface area contributed by atoms with Gasteiger partial charge in [-0.05, 0) is 12.1 Å². The van der Waals surface area contributed by atoms with E-state index >= 15 is 0 Å². The van der Waals surface area contributed by atoms with Crippen LogP contribution in [0.2, 0.25) is 5.15 Å². The molecule has 1 rings (SSSR count). The van der Waals surface area contributed by atoms with Crippen molar-refractivity contribution in [1.82, 2.24) is 4.98 Å². The highest BCUT2D eigenvalue weighted by molar-refractivity contribution is 6.29. The molecule has 0 bridgehead atoms. The van der Waals surface area contributed by atoms with Gasteiger partial charge < -0.3 is 10.8 Å². The third-order valence-corrected chi connectivity index (χ3v) is 1.70. The second kappa shape index (κ2) is 4.40. The zero-order chi connectivity index (χ0) is 8.97. The van der Waals surface area contributed by atoms with Gasteiger partial charge in [-0.25, -0.2) is 4.98 Å². The van der Waals surface area contributed by atoms with Crippen LogP contribution in [0.4, 0.5) is 0 Å². The van der Waals surface area contributed by atoms with E-state index in [1.54, 1.807) is 12.1 Å². The summed E-state index contributed by atoms with van der Waals surface area (Å²) in [5.74, 6) is 0. The topological polar surface area (TPSA) is 59.1 Å². The predicted octanol–water partition coefficient (Wildman–Crippen LogP) is 0.597. The van der Waals surface area contributed by atoms with Crippen LogP contribution in [-0.2, 0) is 6.42 Å². The van der Waals surface area contributed by atoms with Gasteiger partial charge in [0.25, 0.3) is 0 Å². The largest absolute Gasteiger partial charge is 0.391 e. The standard InChI is InChI=1S/C8H11ClN2O/c9-8-3-1-2-6(11-8)4-7(12)5-10/h1-3,7,12H,4-5,10H2. The maximum Gasteiger partial charge on any atom is 0.129 e. The van der Waals surface area contributed by atoms with Crippen LogP contribution in [0.1, 0.15) is 5.69 Å². The maximum atomic E-state index is 9.19. The minimum absolute atomic E-state index is 0.244. The molecule has 3 nitrogen and oxygen atoms in total. The Morgan fingerprint density at radius 1 is 1.58 bits per heavy atom. The predicted molar refractivity (Wildman–Crippen MR) is 48.0 cm³/mol. The Kier molecular flexibility index (Phi) is 3.47. The molecular formula is C8H11ClN2O. The maximum absolute atomic E-state index is 9.19. The van der Waals surface area contributed by atoms with Gasteiger partial charge in [-0.1, -0.05) is 17.7 Å². The van der Waals surface area contributed by atoms with Gasteiger partial charge in [-0.15, -0.1) is 0 Å². The summed E-state index contributed by atoms with van der Waals surface area (Å²) in [6, 6.07) is 5.30. The highest BCUT2D eigenvalue weighted by Crippen LogP contribution is 2.06. The number of pyridine rings is 1. The molecular weight excluding hydrogens is 176 g/mol. The fraction of sp³-hybridized carbons (Fsp3) is 0.375. The van der Waals surface area contributed by atoms with Crippen molar-refractivity contribution in [2.75, 3.05) is 6.54 Å². The number of hydrogen-bond donors (Lipinski definition) is 2. The van der Waals surface area contributed by atoms with Crippen molar-refractivity contribution in [1.29, 1.82) is 0 Å². The summed E-state index contributed by atoms with van der Waals surface area (Å²) in [4.78, 5) is 4.01. The summed E-state index contributed by atoms with van der Waals surface area (Å²) in [5.41, 5.74) is 6.01. The van der Waals surface area contributed by atoms with Crippen molar-refractivity contribution in [3.63, 3.8) is 0 Å². The van der Waals surface area contributed by atoms with E-state index in [2.05, 4.69) is 4.98 Å². The quantitative estimate of drug-likeness (QED) is 0.680. The molecule has 0 saturated carbocycles. The normalized spacial score (nSPS) is 12.9. The van der Waals surface area contributed by atoms with Gasteiger partial charge >= 0.3 is 0 Å². The van der Waals surface area contributed by atoms with E-state index in [0.29, 0.717) is 11.6 Å². The van der Waals surface area contributed by atoms with Crippen molar-refractivity contribution in [3.8, 4) is 0 Å². The lowest BCUT2D eigenvalue weighted by molar-refractivity contribution is 0.182. The Bertz CT molecular complexity index is 255. The number of aliphatic hydroxyl groups excluding tert-OH is 1. The van der Waals surface area contributed by atoms with E-state index in [1.165, 1.54) is 0 Å². The van der Waals surface area contributed by atoms with E-state index in [4.69, 9.17) is 17.3 Å². The van der Waals surface area contributed by atoms with Crippen molar-refractivity contribution in [2.45, 2.75) is 12.5 Å². The number of aliphatic hydroxyl groups is 1. The molecule has 0 saturated heterocycles. The minimum atomic E-state index is -0.532. The summed E-state index contributed by atoms with van der Waals surface area (Å²) in [6.07, 6.45) is -0.0761. The number of nitrogens with two attached hydrogens (primary N) is 1. The van der Waals surface area contributed by atoms with E-state index in [9.17, 15) is 5.11 Å². The van der Waals surface area contributed by atoms with Gasteiger partial charge in [-0.3, -0.25) is 0 Å². The Labute approximate surface area is 76.2 Å². The third-order valence-electron chi connectivity index (χ3n) is 1.49. The van der Waals surface area contributed by atoms with Crippen LogP contribution in [0.15, 0.2) is 18.2 Å². The molecule has 3 N–H and O–H groups in total. The molecule has 1 aromatic heterocycles. The van der Waals surface area contributed by atoms with Gasteiger partial charge in [-0.2, -0.15) is 0 Å². The summed E-state index contributed by atoms with van der Waals surface area (Å²) >= 11 is 5.65. The van der Waals surface area contributed by atoms with Crippen LogP contribution in [0.25, 0.3) is 0 Å². The Morgan fingerprint density at radius 3 is 2.92 bits per heavy atom. The molecule has 4 heteroatoms. The molecule has 1 heterocycles. The second-order valence-corrected chi connectivity index (χ2v) is 2.93. The lowest BCUT2D eigenvalue weighted by Gasteiger charge is -2.05. The lowest BCUT2D eigenvalue weighted by Crippen LogP contribution is -2.22. The average molecular weight is 187 g/mol. The zero-order valence-electron chi connectivity index (χ0n) is 6.57. The molecule has 0 fully saturated rings. The number of rotatable bonds is 3. The lowest BCUT2D eigenvalue weighted by atomic mass is 10.2. The second-order valence-electron chi connectivity index (χ2n) is 2.55. The van der Waals surface area contributed by atoms with Crippen molar-refractivity contribution in [3.05, 3.63) is 29.0 Å². The molecule has 1 aromatic rings. The van der Waals surface area contributed by atoms with E-state index in [-0.39, 0.29) is 6.54 Å². The Morgan fingerprint density at radius 2 is 2.33 bits per heavy atom. The molecule has 0 radical (unpaired) electrons. The summed E-state index contributed by atoms with van der Waals surface area (Å²) in [6.45, 7) is 0.244. The van der Waals surface area contributed by atoms with E-state index in [1.807, 2.05) is 6.07 Å². The number of aromatic nitrogens is 1. The zero-order valence-corrected chi connectivity index (χ0v) is 7.33.